The van der Waals surface area contributed by atoms with Crippen molar-refractivity contribution in [2.75, 3.05) is 0 Å². The Morgan fingerprint density at radius 2 is 1.15 bits per heavy atom. The van der Waals surface area contributed by atoms with E-state index in [1.54, 1.807) is 13.8 Å². The van der Waals surface area contributed by atoms with E-state index in [2.05, 4.69) is 0 Å². The molecule has 0 aromatic heterocycles. The molecule has 0 aromatic carbocycles. The summed E-state index contributed by atoms with van der Waals surface area (Å²) >= 11 is 0. The van der Waals surface area contributed by atoms with E-state index in [0.29, 0.717) is 0 Å². The van der Waals surface area contributed by atoms with Crippen LogP contribution in [0.5, 0.6) is 0 Å². The third kappa shape index (κ3) is 7.13. The number of fused-ring (bicyclic) bond motifs is 2. The quantitative estimate of drug-likeness (QED) is 0.210. The van der Waals surface area contributed by atoms with E-state index in [4.69, 9.17) is 37.9 Å². The van der Waals surface area contributed by atoms with Gasteiger partial charge in [-0.15, -0.1) is 0 Å². The van der Waals surface area contributed by atoms with Gasteiger partial charge in [-0.3, -0.25) is 38.4 Å². The lowest BCUT2D eigenvalue weighted by atomic mass is 9.57. The van der Waals surface area contributed by atoms with Gasteiger partial charge < -0.3 is 43.0 Å². The fourth-order valence-electron chi connectivity index (χ4n) is 8.97. The van der Waals surface area contributed by atoms with E-state index in [1.165, 1.54) is 27.7 Å². The number of carbonyl (C=O) groups is 8. The third-order valence-corrected chi connectivity index (χ3v) is 10.8. The number of carbonyl (C=O) groups excluding carboxylic acids is 8. The standard InChI is InChI=1S/C36H50O17/c1-15(2)30(44)52-33(12)13-36(51-22(9)42)23(26(33)47-18(5)38)27(48-19(6)39)34(45)14-35(16(3)25(36)43)31(53-35)32(10,11)28(49-20(7)40)24(46-17(4)37)29(34)50-21(8)41/h15-16,23-24,26-29,31,45H,13-14H2,1-12H3/t16-,23+,24-,26+,27+,28+,29+,31-,33+,34-,35-,36+/m0/s1. The molecular formula is C36H50O17. The Labute approximate surface area is 306 Å². The summed E-state index contributed by atoms with van der Waals surface area (Å²) in [4.78, 5) is 106. The maximum absolute atomic E-state index is 15.3. The fourth-order valence-corrected chi connectivity index (χ4v) is 8.97. The number of ketones is 1. The van der Waals surface area contributed by atoms with E-state index >= 15 is 4.79 Å². The van der Waals surface area contributed by atoms with E-state index in [1.807, 2.05) is 0 Å². The Balaban J connectivity index is 2.22. The zero-order chi connectivity index (χ0) is 40.4. The van der Waals surface area contributed by atoms with Gasteiger partial charge in [-0.05, 0) is 6.92 Å². The minimum atomic E-state index is -2.79. The number of aliphatic hydroxyl groups is 1. The highest BCUT2D eigenvalue weighted by molar-refractivity contribution is 5.94. The first kappa shape index (κ1) is 41.6. The van der Waals surface area contributed by atoms with E-state index in [-0.39, 0.29) is 0 Å². The monoisotopic (exact) mass is 754 g/mol. The summed E-state index contributed by atoms with van der Waals surface area (Å²) in [6.45, 7) is 15.2. The van der Waals surface area contributed by atoms with Crippen LogP contribution in [0.25, 0.3) is 0 Å². The average molecular weight is 755 g/mol. The van der Waals surface area contributed by atoms with Gasteiger partial charge in [-0.2, -0.15) is 0 Å². The van der Waals surface area contributed by atoms with Crippen molar-refractivity contribution < 1.29 is 81.4 Å². The van der Waals surface area contributed by atoms with Crippen molar-refractivity contribution in [2.45, 2.75) is 155 Å². The van der Waals surface area contributed by atoms with Crippen molar-refractivity contribution in [3.63, 3.8) is 0 Å². The first-order valence-corrected chi connectivity index (χ1v) is 17.4. The number of Topliss-reactive ketones (excluding diaryl/α,β-unsaturated/α-hetero) is 1. The highest BCUT2D eigenvalue weighted by atomic mass is 16.7. The molecule has 1 saturated heterocycles. The molecule has 3 saturated carbocycles. The molecule has 1 heterocycles. The molecule has 1 N–H and O–H groups in total. The zero-order valence-corrected chi connectivity index (χ0v) is 32.1. The molecule has 296 valence electrons. The lowest BCUT2D eigenvalue weighted by Crippen LogP contribution is -2.74. The maximum atomic E-state index is 15.3. The second-order valence-electron chi connectivity index (χ2n) is 15.8. The van der Waals surface area contributed by atoms with Gasteiger partial charge in [0.25, 0.3) is 0 Å². The lowest BCUT2D eigenvalue weighted by Gasteiger charge is -2.54. The normalized spacial score (nSPS) is 39.6. The summed E-state index contributed by atoms with van der Waals surface area (Å²) in [6.07, 6.45) is -11.7. The van der Waals surface area contributed by atoms with Crippen LogP contribution in [0.2, 0.25) is 0 Å². The number of esters is 7. The van der Waals surface area contributed by atoms with Gasteiger partial charge >= 0.3 is 41.8 Å². The highest BCUT2D eigenvalue weighted by Gasteiger charge is 2.83. The van der Waals surface area contributed by atoms with Crippen molar-refractivity contribution in [1.82, 2.24) is 0 Å². The van der Waals surface area contributed by atoms with Gasteiger partial charge in [0.1, 0.15) is 17.3 Å². The van der Waals surface area contributed by atoms with Gasteiger partial charge in [0.05, 0.1) is 23.9 Å². The first-order chi connectivity index (χ1) is 24.2. The van der Waals surface area contributed by atoms with Crippen LogP contribution in [0.1, 0.15) is 95.9 Å². The van der Waals surface area contributed by atoms with E-state index < -0.39 is 143 Å². The van der Waals surface area contributed by atoms with Gasteiger partial charge in [0.2, 0.25) is 0 Å². The maximum Gasteiger partial charge on any atom is 0.309 e. The topological polar surface area (TPSA) is 234 Å². The average Bonchev–Trinajstić information content (AvgIpc) is 3.68. The Hall–Kier alpha value is -4.12. The van der Waals surface area contributed by atoms with Gasteiger partial charge in [-0.1, -0.05) is 34.6 Å². The number of rotatable bonds is 8. The molecule has 12 atom stereocenters. The first-order valence-electron chi connectivity index (χ1n) is 17.4. The minimum absolute atomic E-state index is 0.649. The largest absolute Gasteiger partial charge is 0.459 e. The summed E-state index contributed by atoms with van der Waals surface area (Å²) in [7, 11) is 0. The van der Waals surface area contributed by atoms with Crippen LogP contribution in [0, 0.1) is 23.2 Å². The lowest BCUT2D eigenvalue weighted by molar-refractivity contribution is -0.267. The predicted octanol–water partition coefficient (Wildman–Crippen LogP) is 1.44. The van der Waals surface area contributed by atoms with Crippen LogP contribution >= 0.6 is 0 Å². The smallest absolute Gasteiger partial charge is 0.309 e. The molecule has 2 bridgehead atoms. The molecule has 1 spiro atoms. The fraction of sp³-hybridized carbons (Fsp3) is 0.778. The molecule has 0 aromatic rings. The Kier molecular flexibility index (Phi) is 11.0. The Morgan fingerprint density at radius 3 is 1.62 bits per heavy atom. The summed E-state index contributed by atoms with van der Waals surface area (Å²) in [6, 6.07) is 0. The molecule has 4 fully saturated rings. The SMILES string of the molecule is CC(=O)O[C@H]1[C@@H](OC(C)=O)C(C)(C)[C@@H]2O[C@]23C[C@@](O)([C@@H]1OC(C)=O)[C@H](OC(C)=O)[C@H]1[C@@H](OC(C)=O)[C@](C)(OC(=O)C(C)C)C[C@]1(OC(C)=O)C(=O)[C@@H]3C. The minimum Gasteiger partial charge on any atom is -0.459 e. The molecule has 4 rings (SSSR count). The molecule has 3 aliphatic carbocycles. The second-order valence-corrected chi connectivity index (χ2v) is 15.8. The van der Waals surface area contributed by atoms with Crippen LogP contribution in [0.3, 0.4) is 0 Å². The Bertz CT molecular complexity index is 1580. The van der Waals surface area contributed by atoms with E-state index in [0.717, 1.165) is 41.5 Å². The molecule has 17 heteroatoms. The second kappa shape index (κ2) is 13.9. The zero-order valence-electron chi connectivity index (χ0n) is 32.1. The van der Waals surface area contributed by atoms with Gasteiger partial charge in [0.15, 0.2) is 41.4 Å². The molecule has 0 radical (unpaired) electrons. The number of ether oxygens (including phenoxy) is 8. The molecule has 0 unspecified atom stereocenters. The van der Waals surface area contributed by atoms with Crippen molar-refractivity contribution in [3.05, 3.63) is 0 Å². The summed E-state index contributed by atoms with van der Waals surface area (Å²) < 4.78 is 47.4. The van der Waals surface area contributed by atoms with Crippen molar-refractivity contribution >= 4 is 47.6 Å². The number of epoxide rings is 1. The summed E-state index contributed by atoms with van der Waals surface area (Å²) in [5, 5.41) is 13.5. The van der Waals surface area contributed by atoms with Crippen molar-refractivity contribution in [2.24, 2.45) is 23.2 Å². The molecule has 1 aliphatic heterocycles. The van der Waals surface area contributed by atoms with Crippen LogP contribution in [-0.4, -0.2) is 112 Å². The molecular weight excluding hydrogens is 704 g/mol. The predicted molar refractivity (Wildman–Crippen MR) is 175 cm³/mol. The van der Waals surface area contributed by atoms with Gasteiger partial charge in [0, 0.05) is 59.8 Å². The molecule has 4 aliphatic rings. The van der Waals surface area contributed by atoms with Crippen LogP contribution in [-0.2, 0) is 76.3 Å². The number of hydrogen-bond donors (Lipinski definition) is 1. The Morgan fingerprint density at radius 1 is 0.679 bits per heavy atom. The molecule has 0 amide bonds. The highest BCUT2D eigenvalue weighted by Crippen LogP contribution is 2.66. The van der Waals surface area contributed by atoms with Crippen molar-refractivity contribution in [1.29, 1.82) is 0 Å². The number of hydrogen-bond acceptors (Lipinski definition) is 17. The summed E-state index contributed by atoms with van der Waals surface area (Å²) in [5.41, 5.74) is -10.4. The van der Waals surface area contributed by atoms with Crippen LogP contribution < -0.4 is 0 Å². The van der Waals surface area contributed by atoms with Crippen LogP contribution in [0.4, 0.5) is 0 Å². The van der Waals surface area contributed by atoms with Crippen molar-refractivity contribution in [3.8, 4) is 0 Å². The molecule has 17 nitrogen and oxygen atoms in total. The van der Waals surface area contributed by atoms with E-state index in [9.17, 15) is 38.7 Å². The third-order valence-electron chi connectivity index (χ3n) is 10.8. The van der Waals surface area contributed by atoms with Gasteiger partial charge in [-0.25, -0.2) is 0 Å². The van der Waals surface area contributed by atoms with Crippen LogP contribution in [0.15, 0.2) is 0 Å². The molecule has 53 heavy (non-hydrogen) atoms. The summed E-state index contributed by atoms with van der Waals surface area (Å²) in [5.74, 6) is -11.4.